The minimum Gasteiger partial charge on any atom is -0.320 e. The van der Waals surface area contributed by atoms with Gasteiger partial charge < -0.3 is 5.32 Å². The van der Waals surface area contributed by atoms with Crippen molar-refractivity contribution in [3.05, 3.63) is 81.6 Å². The first-order chi connectivity index (χ1) is 13.7. The van der Waals surface area contributed by atoms with Crippen molar-refractivity contribution in [1.29, 1.82) is 0 Å². The highest BCUT2D eigenvalue weighted by atomic mass is 35.5. The molecular formula is C21H20ClN3O3S. The summed E-state index contributed by atoms with van der Waals surface area (Å²) in [5.41, 5.74) is 3.68. The number of sulfone groups is 1. The molecule has 29 heavy (non-hydrogen) atoms. The Hall–Kier alpha value is -2.77. The molecule has 1 heterocycles. The monoisotopic (exact) mass is 429 g/mol. The Morgan fingerprint density at radius 1 is 1.00 bits per heavy atom. The van der Waals surface area contributed by atoms with Gasteiger partial charge in [0.25, 0.3) is 5.91 Å². The lowest BCUT2D eigenvalue weighted by Gasteiger charge is -2.12. The van der Waals surface area contributed by atoms with Crippen molar-refractivity contribution in [2.75, 3.05) is 5.32 Å². The van der Waals surface area contributed by atoms with Crippen molar-refractivity contribution in [3.63, 3.8) is 0 Å². The fourth-order valence-corrected chi connectivity index (χ4v) is 4.37. The molecule has 0 unspecified atom stereocenters. The first kappa shape index (κ1) is 21.0. The molecule has 0 fully saturated rings. The number of carbonyl (C=O) groups is 1. The summed E-state index contributed by atoms with van der Waals surface area (Å²) in [6.45, 7) is 5.56. The molecule has 3 aromatic rings. The van der Waals surface area contributed by atoms with Gasteiger partial charge in [-0.1, -0.05) is 54.1 Å². The van der Waals surface area contributed by atoms with Gasteiger partial charge in [-0.25, -0.2) is 18.4 Å². The van der Waals surface area contributed by atoms with E-state index in [2.05, 4.69) is 15.3 Å². The van der Waals surface area contributed by atoms with Crippen LogP contribution in [0.5, 0.6) is 0 Å². The summed E-state index contributed by atoms with van der Waals surface area (Å²) >= 11 is 6.09. The van der Waals surface area contributed by atoms with Gasteiger partial charge in [-0.15, -0.1) is 0 Å². The Balaban J connectivity index is 1.93. The van der Waals surface area contributed by atoms with E-state index in [1.807, 2.05) is 51.1 Å². The van der Waals surface area contributed by atoms with Gasteiger partial charge in [-0.3, -0.25) is 4.79 Å². The third-order valence-electron chi connectivity index (χ3n) is 4.54. The standard InChI is InChI=1S/C21H20ClN3O3S/c1-13-7-4-5-10-16(13)12-29(27,28)21-23-11-17(22)19(25-21)20(26)24-18-14(2)8-6-9-15(18)3/h4-11H,12H2,1-3H3,(H,24,26). The lowest BCUT2D eigenvalue weighted by molar-refractivity contribution is 0.102. The third-order valence-corrected chi connectivity index (χ3v) is 6.26. The molecule has 2 aromatic carbocycles. The molecule has 3 rings (SSSR count). The number of anilines is 1. The van der Waals surface area contributed by atoms with Gasteiger partial charge in [0.2, 0.25) is 15.0 Å². The van der Waals surface area contributed by atoms with Crippen LogP contribution in [-0.2, 0) is 15.6 Å². The molecule has 0 saturated heterocycles. The SMILES string of the molecule is Cc1ccccc1CS(=O)(=O)c1ncc(Cl)c(C(=O)Nc2c(C)cccc2C)n1. The van der Waals surface area contributed by atoms with Crippen molar-refractivity contribution in [3.8, 4) is 0 Å². The summed E-state index contributed by atoms with van der Waals surface area (Å²) < 4.78 is 25.6. The molecule has 1 amide bonds. The van der Waals surface area contributed by atoms with Gasteiger partial charge in [0.1, 0.15) is 0 Å². The predicted molar refractivity (Wildman–Crippen MR) is 113 cm³/mol. The second kappa shape index (κ2) is 8.31. The van der Waals surface area contributed by atoms with E-state index < -0.39 is 20.9 Å². The van der Waals surface area contributed by atoms with Crippen molar-refractivity contribution in [1.82, 2.24) is 9.97 Å². The van der Waals surface area contributed by atoms with Gasteiger partial charge in [-0.2, -0.15) is 0 Å². The number of aryl methyl sites for hydroxylation is 3. The van der Waals surface area contributed by atoms with Crippen LogP contribution >= 0.6 is 11.6 Å². The van der Waals surface area contributed by atoms with Crippen molar-refractivity contribution >= 4 is 33.0 Å². The lowest BCUT2D eigenvalue weighted by atomic mass is 10.1. The van der Waals surface area contributed by atoms with Crippen LogP contribution in [0.15, 0.2) is 53.8 Å². The number of amides is 1. The lowest BCUT2D eigenvalue weighted by Crippen LogP contribution is -2.19. The van der Waals surface area contributed by atoms with Gasteiger partial charge in [-0.05, 0) is 43.0 Å². The number of nitrogens with zero attached hydrogens (tertiary/aromatic N) is 2. The summed E-state index contributed by atoms with van der Waals surface area (Å²) in [4.78, 5) is 20.6. The van der Waals surface area contributed by atoms with Crippen LogP contribution in [0.2, 0.25) is 5.02 Å². The highest BCUT2D eigenvalue weighted by molar-refractivity contribution is 7.90. The van der Waals surface area contributed by atoms with Crippen molar-refractivity contribution < 1.29 is 13.2 Å². The molecule has 0 aliphatic carbocycles. The molecule has 0 atom stereocenters. The summed E-state index contributed by atoms with van der Waals surface area (Å²) in [7, 11) is -3.86. The Labute approximate surface area is 174 Å². The van der Waals surface area contributed by atoms with Crippen LogP contribution in [-0.4, -0.2) is 24.3 Å². The van der Waals surface area contributed by atoms with E-state index in [0.717, 1.165) is 22.9 Å². The number of rotatable bonds is 5. The molecule has 0 bridgehead atoms. The summed E-state index contributed by atoms with van der Waals surface area (Å²) in [5.74, 6) is -0.860. The van der Waals surface area contributed by atoms with E-state index >= 15 is 0 Å². The molecule has 0 spiro atoms. The second-order valence-corrected chi connectivity index (χ2v) is 9.05. The predicted octanol–water partition coefficient (Wildman–Crippen LogP) is 4.28. The van der Waals surface area contributed by atoms with Gasteiger partial charge in [0.15, 0.2) is 5.69 Å². The Morgan fingerprint density at radius 3 is 2.28 bits per heavy atom. The molecule has 1 aromatic heterocycles. The van der Waals surface area contributed by atoms with E-state index in [1.165, 1.54) is 0 Å². The number of carbonyl (C=O) groups excluding carboxylic acids is 1. The quantitative estimate of drug-likeness (QED) is 0.611. The number of para-hydroxylation sites is 1. The number of hydrogen-bond donors (Lipinski definition) is 1. The summed E-state index contributed by atoms with van der Waals surface area (Å²) in [6.07, 6.45) is 1.14. The largest absolute Gasteiger partial charge is 0.320 e. The normalized spacial score (nSPS) is 11.3. The number of halogens is 1. The Morgan fingerprint density at radius 2 is 1.62 bits per heavy atom. The topological polar surface area (TPSA) is 89.0 Å². The van der Waals surface area contributed by atoms with Gasteiger partial charge in [0, 0.05) is 5.69 Å². The fourth-order valence-electron chi connectivity index (χ4n) is 2.89. The van der Waals surface area contributed by atoms with Crippen LogP contribution in [0.3, 0.4) is 0 Å². The summed E-state index contributed by atoms with van der Waals surface area (Å²) in [5, 5.41) is 2.31. The number of benzene rings is 2. The van der Waals surface area contributed by atoms with E-state index in [-0.39, 0.29) is 16.5 Å². The molecule has 150 valence electrons. The number of hydrogen-bond acceptors (Lipinski definition) is 5. The van der Waals surface area contributed by atoms with Gasteiger partial charge >= 0.3 is 0 Å². The maximum atomic E-state index is 12.8. The minimum atomic E-state index is -3.86. The van der Waals surface area contributed by atoms with Crippen LogP contribution in [0, 0.1) is 20.8 Å². The van der Waals surface area contributed by atoms with E-state index in [0.29, 0.717) is 11.3 Å². The number of aromatic nitrogens is 2. The van der Waals surface area contributed by atoms with E-state index in [1.54, 1.807) is 12.1 Å². The second-order valence-electron chi connectivity index (χ2n) is 6.76. The molecule has 0 radical (unpaired) electrons. The van der Waals surface area contributed by atoms with Crippen LogP contribution in [0.25, 0.3) is 0 Å². The molecular weight excluding hydrogens is 410 g/mol. The maximum Gasteiger partial charge on any atom is 0.276 e. The molecule has 0 saturated carbocycles. The van der Waals surface area contributed by atoms with Crippen LogP contribution in [0.1, 0.15) is 32.7 Å². The first-order valence-electron chi connectivity index (χ1n) is 8.86. The summed E-state index contributed by atoms with van der Waals surface area (Å²) in [6, 6.07) is 12.8. The van der Waals surface area contributed by atoms with Crippen molar-refractivity contribution in [2.24, 2.45) is 0 Å². The van der Waals surface area contributed by atoms with Gasteiger partial charge in [0.05, 0.1) is 17.0 Å². The zero-order chi connectivity index (χ0) is 21.2. The third kappa shape index (κ3) is 4.63. The molecule has 0 aliphatic rings. The highest BCUT2D eigenvalue weighted by Gasteiger charge is 2.24. The average molecular weight is 430 g/mol. The average Bonchev–Trinajstić information content (AvgIpc) is 2.66. The zero-order valence-electron chi connectivity index (χ0n) is 16.2. The molecule has 0 aliphatic heterocycles. The van der Waals surface area contributed by atoms with Crippen LogP contribution in [0.4, 0.5) is 5.69 Å². The maximum absolute atomic E-state index is 12.8. The Kier molecular flexibility index (Phi) is 6.00. The van der Waals surface area contributed by atoms with E-state index in [4.69, 9.17) is 11.6 Å². The smallest absolute Gasteiger partial charge is 0.276 e. The molecule has 8 heteroatoms. The number of nitrogens with one attached hydrogen (secondary N) is 1. The minimum absolute atomic E-state index is 0.0245. The molecule has 1 N–H and O–H groups in total. The Bertz CT molecular complexity index is 1170. The fraction of sp³-hybridized carbons (Fsp3) is 0.190. The highest BCUT2D eigenvalue weighted by Crippen LogP contribution is 2.23. The first-order valence-corrected chi connectivity index (χ1v) is 10.9. The van der Waals surface area contributed by atoms with E-state index in [9.17, 15) is 13.2 Å². The van der Waals surface area contributed by atoms with Crippen molar-refractivity contribution in [2.45, 2.75) is 31.7 Å². The zero-order valence-corrected chi connectivity index (χ0v) is 17.8. The molecule has 6 nitrogen and oxygen atoms in total. The van der Waals surface area contributed by atoms with Crippen LogP contribution < -0.4 is 5.32 Å².